The first kappa shape index (κ1) is 21.2. The third-order valence-corrected chi connectivity index (χ3v) is 10.5. The zero-order valence-corrected chi connectivity index (χ0v) is 19.0. The van der Waals surface area contributed by atoms with Gasteiger partial charge in [-0.3, -0.25) is 0 Å². The molecule has 4 saturated carbocycles. The predicted molar refractivity (Wildman–Crippen MR) is 116 cm³/mol. The van der Waals surface area contributed by atoms with Crippen molar-refractivity contribution in [2.75, 3.05) is 0 Å². The summed E-state index contributed by atoms with van der Waals surface area (Å²) in [5, 5.41) is 20.9. The smallest absolute Gasteiger partial charge is 0.0543 e. The zero-order valence-electron chi connectivity index (χ0n) is 19.0. The molecule has 2 heteroatoms. The van der Waals surface area contributed by atoms with Gasteiger partial charge in [0.2, 0.25) is 0 Å². The van der Waals surface area contributed by atoms with E-state index in [1.807, 2.05) is 0 Å². The van der Waals surface area contributed by atoms with E-state index in [1.54, 1.807) is 0 Å². The maximum atomic E-state index is 10.7. The second kappa shape index (κ2) is 7.88. The van der Waals surface area contributed by atoms with E-state index in [9.17, 15) is 10.2 Å². The van der Waals surface area contributed by atoms with Crippen LogP contribution in [0.25, 0.3) is 0 Å². The van der Waals surface area contributed by atoms with Crippen LogP contribution in [0.4, 0.5) is 0 Å². The van der Waals surface area contributed by atoms with Gasteiger partial charge in [0.1, 0.15) is 0 Å². The molecule has 2 N–H and O–H groups in total. The molecule has 5 unspecified atom stereocenters. The Morgan fingerprint density at radius 2 is 1.57 bits per heavy atom. The quantitative estimate of drug-likeness (QED) is 0.587. The van der Waals surface area contributed by atoms with Gasteiger partial charge >= 0.3 is 0 Å². The number of hydrogen-bond acceptors (Lipinski definition) is 2. The largest absolute Gasteiger partial charge is 0.393 e. The summed E-state index contributed by atoms with van der Waals surface area (Å²) in [6.45, 7) is 9.72. The molecule has 0 aromatic carbocycles. The number of aliphatic hydroxyl groups is 2. The molecule has 28 heavy (non-hydrogen) atoms. The Kier molecular flexibility index (Phi) is 5.95. The molecule has 0 spiro atoms. The van der Waals surface area contributed by atoms with Crippen molar-refractivity contribution in [3.8, 4) is 0 Å². The van der Waals surface area contributed by atoms with Gasteiger partial charge in [0.25, 0.3) is 0 Å². The molecular weight excluding hydrogens is 344 g/mol. The van der Waals surface area contributed by atoms with Crippen LogP contribution in [0.1, 0.15) is 105 Å². The maximum Gasteiger partial charge on any atom is 0.0543 e. The van der Waals surface area contributed by atoms with Crippen LogP contribution in [0, 0.1) is 46.3 Å². The van der Waals surface area contributed by atoms with Crippen molar-refractivity contribution in [3.63, 3.8) is 0 Å². The molecule has 0 aliphatic heterocycles. The number of rotatable bonds is 5. The number of hydrogen-bond donors (Lipinski definition) is 2. The lowest BCUT2D eigenvalue weighted by molar-refractivity contribution is -0.128. The van der Waals surface area contributed by atoms with Gasteiger partial charge in [0.05, 0.1) is 12.2 Å². The highest BCUT2D eigenvalue weighted by Gasteiger charge is 2.60. The van der Waals surface area contributed by atoms with Crippen molar-refractivity contribution in [1.82, 2.24) is 0 Å². The molecular formula is C26H46O2. The summed E-state index contributed by atoms with van der Waals surface area (Å²) in [4.78, 5) is 0. The van der Waals surface area contributed by atoms with E-state index in [-0.39, 0.29) is 12.2 Å². The summed E-state index contributed by atoms with van der Waals surface area (Å²) in [5.41, 5.74) is 0.954. The van der Waals surface area contributed by atoms with E-state index >= 15 is 0 Å². The molecule has 2 nitrogen and oxygen atoms in total. The lowest BCUT2D eigenvalue weighted by atomic mass is 9.44. The summed E-state index contributed by atoms with van der Waals surface area (Å²) >= 11 is 0. The lowest BCUT2D eigenvalue weighted by Gasteiger charge is -2.61. The monoisotopic (exact) mass is 390 g/mol. The highest BCUT2D eigenvalue weighted by Crippen LogP contribution is 2.67. The number of fused-ring (bicyclic) bond motifs is 5. The first-order chi connectivity index (χ1) is 13.2. The van der Waals surface area contributed by atoms with E-state index in [4.69, 9.17) is 0 Å². The SMILES string of the molecule is CC(C)CC[C@H](O)C[C@H]1CCC2C3CCC4CC(O)CC[C@]4(C)C3CC[C@@]21C. The molecule has 4 rings (SSSR count). The average Bonchev–Trinajstić information content (AvgIpc) is 2.97. The van der Waals surface area contributed by atoms with E-state index in [0.717, 1.165) is 61.7 Å². The van der Waals surface area contributed by atoms with Crippen molar-refractivity contribution in [3.05, 3.63) is 0 Å². The standard InChI is InChI=1S/C26H46O2/c1-17(2)5-8-20(27)15-19-7-10-23-22-9-6-18-16-21(28)11-13-25(18,3)24(22)12-14-26(19,23)4/h17-24,27-28H,5-16H2,1-4H3/t18?,19-,20+,21?,22?,23?,24?,25+,26-/m1/s1. The second-order valence-corrected chi connectivity index (χ2v) is 12.3. The fraction of sp³-hybridized carbons (Fsp3) is 1.00. The van der Waals surface area contributed by atoms with Gasteiger partial charge in [-0.15, -0.1) is 0 Å². The van der Waals surface area contributed by atoms with Gasteiger partial charge in [0.15, 0.2) is 0 Å². The van der Waals surface area contributed by atoms with Crippen LogP contribution in [0.5, 0.6) is 0 Å². The summed E-state index contributed by atoms with van der Waals surface area (Å²) in [7, 11) is 0. The number of aliphatic hydroxyl groups excluding tert-OH is 2. The van der Waals surface area contributed by atoms with Gasteiger partial charge < -0.3 is 10.2 Å². The Morgan fingerprint density at radius 3 is 2.32 bits per heavy atom. The van der Waals surface area contributed by atoms with Crippen LogP contribution >= 0.6 is 0 Å². The zero-order chi connectivity index (χ0) is 20.1. The Morgan fingerprint density at radius 1 is 0.857 bits per heavy atom. The topological polar surface area (TPSA) is 40.5 Å². The minimum absolute atomic E-state index is 0.0355. The average molecular weight is 391 g/mol. The van der Waals surface area contributed by atoms with Gasteiger partial charge in [-0.25, -0.2) is 0 Å². The highest BCUT2D eigenvalue weighted by atomic mass is 16.3. The molecule has 0 aromatic rings. The molecule has 0 bridgehead atoms. The summed E-state index contributed by atoms with van der Waals surface area (Å²) in [6, 6.07) is 0. The molecule has 4 fully saturated rings. The van der Waals surface area contributed by atoms with Gasteiger partial charge in [-0.05, 0) is 123 Å². The molecule has 0 aromatic heterocycles. The predicted octanol–water partition coefficient (Wildman–Crippen LogP) is 6.19. The van der Waals surface area contributed by atoms with Crippen LogP contribution in [0.3, 0.4) is 0 Å². The van der Waals surface area contributed by atoms with Crippen LogP contribution in [0.2, 0.25) is 0 Å². The summed E-state index contributed by atoms with van der Waals surface area (Å²) in [5.74, 6) is 4.88. The van der Waals surface area contributed by atoms with E-state index in [2.05, 4.69) is 27.7 Å². The van der Waals surface area contributed by atoms with Crippen molar-refractivity contribution in [2.24, 2.45) is 46.3 Å². The van der Waals surface area contributed by atoms with E-state index in [0.29, 0.717) is 16.7 Å². The fourth-order valence-corrected chi connectivity index (χ4v) is 8.70. The molecule has 4 aliphatic carbocycles. The third-order valence-electron chi connectivity index (χ3n) is 10.5. The van der Waals surface area contributed by atoms with Crippen LogP contribution < -0.4 is 0 Å². The molecule has 0 saturated heterocycles. The van der Waals surface area contributed by atoms with Crippen LogP contribution in [0.15, 0.2) is 0 Å². The third kappa shape index (κ3) is 3.59. The minimum Gasteiger partial charge on any atom is -0.393 e. The summed E-state index contributed by atoms with van der Waals surface area (Å²) < 4.78 is 0. The minimum atomic E-state index is -0.0891. The highest BCUT2D eigenvalue weighted by molar-refractivity contribution is 5.09. The van der Waals surface area contributed by atoms with Gasteiger partial charge in [0, 0.05) is 0 Å². The van der Waals surface area contributed by atoms with Crippen LogP contribution in [-0.4, -0.2) is 22.4 Å². The second-order valence-electron chi connectivity index (χ2n) is 12.3. The first-order valence-electron chi connectivity index (χ1n) is 12.6. The molecule has 0 heterocycles. The van der Waals surface area contributed by atoms with E-state index < -0.39 is 0 Å². The summed E-state index contributed by atoms with van der Waals surface area (Å²) in [6.07, 6.45) is 14.7. The molecule has 0 radical (unpaired) electrons. The van der Waals surface area contributed by atoms with Crippen molar-refractivity contribution in [1.29, 1.82) is 0 Å². The fourth-order valence-electron chi connectivity index (χ4n) is 8.70. The van der Waals surface area contributed by atoms with Gasteiger partial charge in [-0.1, -0.05) is 27.7 Å². The van der Waals surface area contributed by atoms with Gasteiger partial charge in [-0.2, -0.15) is 0 Å². The Balaban J connectivity index is 1.45. The Bertz CT molecular complexity index is 545. The first-order valence-corrected chi connectivity index (χ1v) is 12.6. The molecule has 4 aliphatic rings. The van der Waals surface area contributed by atoms with E-state index in [1.165, 1.54) is 44.9 Å². The van der Waals surface area contributed by atoms with Crippen molar-refractivity contribution in [2.45, 2.75) is 117 Å². The normalized spacial score (nSPS) is 49.4. The maximum absolute atomic E-state index is 10.7. The molecule has 0 amide bonds. The Labute approximate surface area is 173 Å². The van der Waals surface area contributed by atoms with Crippen LogP contribution in [-0.2, 0) is 0 Å². The molecule has 162 valence electrons. The van der Waals surface area contributed by atoms with Crippen molar-refractivity contribution >= 4 is 0 Å². The molecule has 9 atom stereocenters. The van der Waals surface area contributed by atoms with Crippen molar-refractivity contribution < 1.29 is 10.2 Å². The Hall–Kier alpha value is -0.0800. The lowest BCUT2D eigenvalue weighted by Crippen LogP contribution is -2.54.